The lowest BCUT2D eigenvalue weighted by atomic mass is 10.2. The molecule has 0 amide bonds. The molecule has 2 heterocycles. The third kappa shape index (κ3) is 3.86. The molecule has 2 aliphatic heterocycles. The van der Waals surface area contributed by atoms with Crippen molar-refractivity contribution in [3.8, 4) is 11.5 Å². The average molecular weight is 419 g/mol. The minimum Gasteiger partial charge on any atom is -0.321 e. The fourth-order valence-corrected chi connectivity index (χ4v) is 3.11. The van der Waals surface area contributed by atoms with Gasteiger partial charge in [0.15, 0.2) is 11.5 Å². The zero-order valence-electron chi connectivity index (χ0n) is 14.3. The van der Waals surface area contributed by atoms with Crippen molar-refractivity contribution in [1.29, 1.82) is 0 Å². The lowest BCUT2D eigenvalue weighted by Gasteiger charge is -2.22. The molecule has 0 radical (unpaired) electrons. The minimum atomic E-state index is -0.699. The number of hydrogen-bond donors (Lipinski definition) is 1. The van der Waals surface area contributed by atoms with Crippen molar-refractivity contribution in [3.63, 3.8) is 0 Å². The quantitative estimate of drug-likeness (QED) is 0.644. The van der Waals surface area contributed by atoms with Crippen molar-refractivity contribution in [2.24, 2.45) is 0 Å². The molecule has 0 spiro atoms. The van der Waals surface area contributed by atoms with Gasteiger partial charge >= 0.3 is 5.69 Å². The van der Waals surface area contributed by atoms with Gasteiger partial charge in [-0.05, 0) is 25.2 Å². The first-order valence-electron chi connectivity index (χ1n) is 7.96. The molecule has 1 N–H and O–H groups in total. The fourth-order valence-electron chi connectivity index (χ4n) is 2.80. The van der Waals surface area contributed by atoms with Crippen LogP contribution < -0.4 is 11.2 Å². The number of nitrogens with one attached hydrogen (secondary N) is 1. The summed E-state index contributed by atoms with van der Waals surface area (Å²) in [5.41, 5.74) is 0.0267. The molecule has 0 aliphatic carbocycles. The summed E-state index contributed by atoms with van der Waals surface area (Å²) >= 11 is 12.2. The Morgan fingerprint density at radius 1 is 1.12 bits per heavy atom. The molecule has 0 saturated carbocycles. The first kappa shape index (κ1) is 20.6. The van der Waals surface area contributed by atoms with E-state index >= 15 is 0 Å². The summed E-state index contributed by atoms with van der Waals surface area (Å²) in [5, 5.41) is 0.722. The summed E-state index contributed by atoms with van der Waals surface area (Å²) < 4.78 is 1.80. The SMILES string of the molecule is CCN(CC)CCn1c2nc(=O)[nH]c(=O)c-2nc2cc(Cl)c(Cl)cc21.Cl. The smallest absolute Gasteiger partial charge is 0.321 e. The molecule has 0 bridgehead atoms. The minimum absolute atomic E-state index is 0. The molecule has 1 aromatic rings. The van der Waals surface area contributed by atoms with Gasteiger partial charge in [0.1, 0.15) is 0 Å². The topological polar surface area (TPSA) is 83.9 Å². The zero-order chi connectivity index (χ0) is 18.1. The molecule has 0 atom stereocenters. The number of nitrogens with zero attached hydrogens (tertiary/aromatic N) is 4. The maximum Gasteiger partial charge on any atom is 0.349 e. The van der Waals surface area contributed by atoms with E-state index in [0.717, 1.165) is 19.6 Å². The van der Waals surface area contributed by atoms with Gasteiger partial charge in [0.05, 0.1) is 21.1 Å². The Balaban J connectivity index is 0.00000243. The second-order valence-electron chi connectivity index (χ2n) is 5.59. The maximum atomic E-state index is 12.2. The molecular formula is C16H18Cl3N5O2. The van der Waals surface area contributed by atoms with Crippen molar-refractivity contribution >= 4 is 46.6 Å². The van der Waals surface area contributed by atoms with Crippen LogP contribution in [0.3, 0.4) is 0 Å². The van der Waals surface area contributed by atoms with Crippen LogP contribution in [0.25, 0.3) is 22.6 Å². The van der Waals surface area contributed by atoms with E-state index in [-0.39, 0.29) is 23.9 Å². The van der Waals surface area contributed by atoms with Crippen LogP contribution in [0.2, 0.25) is 10.0 Å². The second kappa shape index (κ2) is 8.35. The third-order valence-corrected chi connectivity index (χ3v) is 4.91. The van der Waals surface area contributed by atoms with Gasteiger partial charge in [0, 0.05) is 13.1 Å². The van der Waals surface area contributed by atoms with Gasteiger partial charge in [0.2, 0.25) is 0 Å². The van der Waals surface area contributed by atoms with E-state index in [2.05, 4.69) is 33.7 Å². The van der Waals surface area contributed by atoms with E-state index in [1.54, 1.807) is 16.7 Å². The summed E-state index contributed by atoms with van der Waals surface area (Å²) in [6.07, 6.45) is 0. The number of H-pyrrole nitrogens is 1. The first-order chi connectivity index (χ1) is 11.9. The van der Waals surface area contributed by atoms with Crippen LogP contribution in [-0.4, -0.2) is 44.1 Å². The zero-order valence-corrected chi connectivity index (χ0v) is 16.6. The molecule has 0 unspecified atom stereocenters. The van der Waals surface area contributed by atoms with Crippen LogP contribution in [0.1, 0.15) is 13.8 Å². The molecule has 2 aliphatic rings. The molecule has 10 heteroatoms. The number of benzene rings is 1. The summed E-state index contributed by atoms with van der Waals surface area (Å²) in [7, 11) is 0. The van der Waals surface area contributed by atoms with Crippen molar-refractivity contribution in [3.05, 3.63) is 43.0 Å². The van der Waals surface area contributed by atoms with E-state index < -0.39 is 11.2 Å². The molecule has 0 fully saturated rings. The van der Waals surface area contributed by atoms with Crippen LogP contribution in [0.4, 0.5) is 0 Å². The Kier molecular flexibility index (Phi) is 6.63. The number of aromatic amines is 1. The number of rotatable bonds is 5. The Labute approximate surface area is 165 Å². The van der Waals surface area contributed by atoms with Crippen LogP contribution >= 0.6 is 35.6 Å². The molecule has 140 valence electrons. The highest BCUT2D eigenvalue weighted by Gasteiger charge is 2.19. The molecule has 0 saturated heterocycles. The summed E-state index contributed by atoms with van der Waals surface area (Å²) in [5.74, 6) is 0.242. The van der Waals surface area contributed by atoms with Gasteiger partial charge in [-0.15, -0.1) is 12.4 Å². The standard InChI is InChI=1S/C16H17Cl2N5O2.ClH/c1-3-22(4-2)5-6-23-12-8-10(18)9(17)7-11(12)19-13-14(23)20-16(25)21-15(13)24;/h7-8H,3-6H2,1-2H3,(H,21,24,25);1H. The maximum absolute atomic E-state index is 12.2. The Morgan fingerprint density at radius 2 is 1.77 bits per heavy atom. The van der Waals surface area contributed by atoms with Gasteiger partial charge in [-0.3, -0.25) is 9.78 Å². The van der Waals surface area contributed by atoms with Crippen LogP contribution in [0.15, 0.2) is 21.7 Å². The van der Waals surface area contributed by atoms with Crippen molar-refractivity contribution in [1.82, 2.24) is 24.4 Å². The molecule has 7 nitrogen and oxygen atoms in total. The van der Waals surface area contributed by atoms with Gasteiger partial charge in [-0.25, -0.2) is 9.78 Å². The summed E-state index contributed by atoms with van der Waals surface area (Å²) in [6.45, 7) is 7.20. The lowest BCUT2D eigenvalue weighted by Crippen LogP contribution is -2.31. The van der Waals surface area contributed by atoms with E-state index in [9.17, 15) is 9.59 Å². The highest BCUT2D eigenvalue weighted by atomic mass is 35.5. The molecule has 3 rings (SSSR count). The normalized spacial score (nSPS) is 11.3. The number of hydrogen-bond acceptors (Lipinski definition) is 5. The van der Waals surface area contributed by atoms with Gasteiger partial charge in [-0.1, -0.05) is 37.0 Å². The largest absolute Gasteiger partial charge is 0.349 e. The highest BCUT2D eigenvalue weighted by Crippen LogP contribution is 2.29. The number of halogens is 3. The van der Waals surface area contributed by atoms with Gasteiger partial charge in [-0.2, -0.15) is 4.98 Å². The number of fused-ring (bicyclic) bond motifs is 2. The Morgan fingerprint density at radius 3 is 2.42 bits per heavy atom. The average Bonchev–Trinajstić information content (AvgIpc) is 2.57. The van der Waals surface area contributed by atoms with Gasteiger partial charge in [0.25, 0.3) is 5.56 Å². The van der Waals surface area contributed by atoms with E-state index in [1.165, 1.54) is 0 Å². The lowest BCUT2D eigenvalue weighted by molar-refractivity contribution is 0.292. The van der Waals surface area contributed by atoms with Crippen molar-refractivity contribution < 1.29 is 0 Å². The second-order valence-corrected chi connectivity index (χ2v) is 6.40. The molecule has 1 aromatic carbocycles. The fraction of sp³-hybridized carbons (Fsp3) is 0.375. The van der Waals surface area contributed by atoms with Crippen LogP contribution in [0, 0.1) is 0 Å². The Bertz CT molecular complexity index is 1010. The van der Waals surface area contributed by atoms with Crippen molar-refractivity contribution in [2.75, 3.05) is 19.6 Å². The molecule has 0 aromatic heterocycles. The van der Waals surface area contributed by atoms with Gasteiger partial charge < -0.3 is 9.47 Å². The third-order valence-electron chi connectivity index (χ3n) is 4.19. The van der Waals surface area contributed by atoms with E-state index in [4.69, 9.17) is 23.2 Å². The van der Waals surface area contributed by atoms with Crippen molar-refractivity contribution in [2.45, 2.75) is 20.4 Å². The van der Waals surface area contributed by atoms with E-state index in [1.807, 2.05) is 0 Å². The first-order valence-corrected chi connectivity index (χ1v) is 8.72. The predicted molar refractivity (Wildman–Crippen MR) is 106 cm³/mol. The molecule has 26 heavy (non-hydrogen) atoms. The van der Waals surface area contributed by atoms with E-state index in [0.29, 0.717) is 27.6 Å². The monoisotopic (exact) mass is 417 g/mol. The summed E-state index contributed by atoms with van der Waals surface area (Å²) in [6, 6.07) is 3.29. The molecular weight excluding hydrogens is 401 g/mol. The predicted octanol–water partition coefficient (Wildman–Crippen LogP) is 2.66. The Hall–Kier alpha value is -1.67. The van der Waals surface area contributed by atoms with Crippen LogP contribution in [0.5, 0.6) is 0 Å². The summed E-state index contributed by atoms with van der Waals surface area (Å²) in [4.78, 5) is 36.5. The number of aromatic nitrogens is 4. The van der Waals surface area contributed by atoms with Crippen LogP contribution in [-0.2, 0) is 6.54 Å². The highest BCUT2D eigenvalue weighted by molar-refractivity contribution is 6.42. The number of likely N-dealkylation sites (N-methyl/N-ethyl adjacent to an activating group) is 1.